The third-order valence-electron chi connectivity index (χ3n) is 2.19. The summed E-state index contributed by atoms with van der Waals surface area (Å²) >= 11 is 1.36. The molecule has 0 aliphatic carbocycles. The Balaban J connectivity index is 2.66. The molecule has 0 amide bonds. The minimum absolute atomic E-state index is 0.0914. The summed E-state index contributed by atoms with van der Waals surface area (Å²) in [5.41, 5.74) is 0.796. The van der Waals surface area contributed by atoms with Gasteiger partial charge in [-0.2, -0.15) is 0 Å². The molecule has 0 heterocycles. The highest BCUT2D eigenvalue weighted by atomic mass is 32.2. The Morgan fingerprint density at radius 2 is 2.00 bits per heavy atom. The number of aliphatic carboxylic acids is 1. The third-order valence-corrected chi connectivity index (χ3v) is 3.75. The monoisotopic (exact) mass is 240 g/mol. The van der Waals surface area contributed by atoms with E-state index in [0.717, 1.165) is 5.56 Å². The first-order chi connectivity index (χ1) is 7.65. The lowest BCUT2D eigenvalue weighted by Crippen LogP contribution is -2.12. The lowest BCUT2D eigenvalue weighted by molar-refractivity contribution is -0.136. The Morgan fingerprint density at radius 3 is 2.50 bits per heavy atom. The van der Waals surface area contributed by atoms with Gasteiger partial charge in [0.2, 0.25) is 0 Å². The van der Waals surface area contributed by atoms with Crippen molar-refractivity contribution in [3.63, 3.8) is 0 Å². The number of hydrogen-bond donors (Lipinski definition) is 2. The minimum atomic E-state index is -0.832. The molecule has 0 spiro atoms. The van der Waals surface area contributed by atoms with Gasteiger partial charge in [-0.3, -0.25) is 4.79 Å². The molecule has 0 saturated carbocycles. The molecule has 2 unspecified atom stereocenters. The molecule has 0 fully saturated rings. The standard InChI is InChI=1S/C12H16O3S/c1-9(7-13)8-16-11(12(14)15)10-5-3-2-4-6-10/h2-6,9,11,13H,7-8H2,1H3,(H,14,15). The van der Waals surface area contributed by atoms with Gasteiger partial charge < -0.3 is 10.2 Å². The van der Waals surface area contributed by atoms with Crippen molar-refractivity contribution in [2.45, 2.75) is 12.2 Å². The van der Waals surface area contributed by atoms with Crippen molar-refractivity contribution in [3.8, 4) is 0 Å². The van der Waals surface area contributed by atoms with Crippen LogP contribution >= 0.6 is 11.8 Å². The highest BCUT2D eigenvalue weighted by Gasteiger charge is 2.20. The molecule has 1 rings (SSSR count). The summed E-state index contributed by atoms with van der Waals surface area (Å²) in [5, 5.41) is 17.5. The number of thioether (sulfide) groups is 1. The normalized spacial score (nSPS) is 14.4. The van der Waals surface area contributed by atoms with Gasteiger partial charge in [0, 0.05) is 6.61 Å². The molecular weight excluding hydrogens is 224 g/mol. The van der Waals surface area contributed by atoms with E-state index >= 15 is 0 Å². The molecule has 0 saturated heterocycles. The first kappa shape index (κ1) is 13.1. The van der Waals surface area contributed by atoms with Gasteiger partial charge in [-0.1, -0.05) is 37.3 Å². The molecule has 0 aliphatic heterocycles. The minimum Gasteiger partial charge on any atom is -0.480 e. The second kappa shape index (κ2) is 6.55. The Morgan fingerprint density at radius 1 is 1.38 bits per heavy atom. The van der Waals surface area contributed by atoms with Crippen molar-refractivity contribution >= 4 is 17.7 Å². The average Bonchev–Trinajstić information content (AvgIpc) is 2.30. The predicted molar refractivity (Wildman–Crippen MR) is 65.5 cm³/mol. The summed E-state index contributed by atoms with van der Waals surface area (Å²) in [6, 6.07) is 9.16. The Bertz CT molecular complexity index is 326. The molecule has 4 heteroatoms. The Kier molecular flexibility index (Phi) is 5.35. The quantitative estimate of drug-likeness (QED) is 0.800. The topological polar surface area (TPSA) is 57.5 Å². The van der Waals surface area contributed by atoms with Gasteiger partial charge in [-0.25, -0.2) is 0 Å². The van der Waals surface area contributed by atoms with E-state index in [9.17, 15) is 4.79 Å². The van der Waals surface area contributed by atoms with Crippen LogP contribution in [0.25, 0.3) is 0 Å². The molecule has 1 aromatic rings. The SMILES string of the molecule is CC(CO)CSC(C(=O)O)c1ccccc1. The first-order valence-electron chi connectivity index (χ1n) is 5.15. The van der Waals surface area contributed by atoms with Crippen molar-refractivity contribution < 1.29 is 15.0 Å². The van der Waals surface area contributed by atoms with Crippen LogP contribution in [0, 0.1) is 5.92 Å². The summed E-state index contributed by atoms with van der Waals surface area (Å²) in [6.07, 6.45) is 0. The highest BCUT2D eigenvalue weighted by molar-refractivity contribution is 8.00. The maximum Gasteiger partial charge on any atom is 0.321 e. The molecule has 0 aromatic heterocycles. The van der Waals surface area contributed by atoms with E-state index in [1.807, 2.05) is 37.3 Å². The molecular formula is C12H16O3S. The molecule has 0 bridgehead atoms. The zero-order valence-corrected chi connectivity index (χ0v) is 9.98. The van der Waals surface area contributed by atoms with Gasteiger partial charge in [0.1, 0.15) is 5.25 Å². The van der Waals surface area contributed by atoms with Crippen LogP contribution in [0.15, 0.2) is 30.3 Å². The van der Waals surface area contributed by atoms with Crippen LogP contribution in [0.4, 0.5) is 0 Å². The summed E-state index contributed by atoms with van der Waals surface area (Å²) in [6.45, 7) is 1.99. The van der Waals surface area contributed by atoms with Crippen molar-refractivity contribution in [3.05, 3.63) is 35.9 Å². The van der Waals surface area contributed by atoms with E-state index in [4.69, 9.17) is 10.2 Å². The predicted octanol–water partition coefficient (Wildman–Crippen LogP) is 2.17. The third kappa shape index (κ3) is 3.87. The smallest absolute Gasteiger partial charge is 0.321 e. The fraction of sp³-hybridized carbons (Fsp3) is 0.417. The molecule has 0 radical (unpaired) electrons. The van der Waals surface area contributed by atoms with Crippen molar-refractivity contribution in [1.82, 2.24) is 0 Å². The van der Waals surface area contributed by atoms with Crippen LogP contribution in [-0.2, 0) is 4.79 Å². The van der Waals surface area contributed by atoms with E-state index in [2.05, 4.69) is 0 Å². The van der Waals surface area contributed by atoms with E-state index in [1.165, 1.54) is 11.8 Å². The van der Waals surface area contributed by atoms with Crippen LogP contribution in [0.5, 0.6) is 0 Å². The zero-order chi connectivity index (χ0) is 12.0. The summed E-state index contributed by atoms with van der Waals surface area (Å²) in [4.78, 5) is 11.1. The fourth-order valence-electron chi connectivity index (χ4n) is 1.25. The van der Waals surface area contributed by atoms with Crippen molar-refractivity contribution in [2.75, 3.05) is 12.4 Å². The molecule has 88 valence electrons. The summed E-state index contributed by atoms with van der Waals surface area (Å²) in [7, 11) is 0. The zero-order valence-electron chi connectivity index (χ0n) is 9.17. The van der Waals surface area contributed by atoms with Crippen LogP contribution < -0.4 is 0 Å². The van der Waals surface area contributed by atoms with Crippen LogP contribution in [-0.4, -0.2) is 28.5 Å². The van der Waals surface area contributed by atoms with E-state index in [0.29, 0.717) is 5.75 Å². The second-order valence-corrected chi connectivity index (χ2v) is 4.89. The Labute approximate surface area is 99.5 Å². The Hall–Kier alpha value is -1.00. The lowest BCUT2D eigenvalue weighted by Gasteiger charge is -2.14. The second-order valence-electron chi connectivity index (χ2n) is 3.75. The van der Waals surface area contributed by atoms with Gasteiger partial charge in [0.25, 0.3) is 0 Å². The molecule has 2 N–H and O–H groups in total. The summed E-state index contributed by atoms with van der Waals surface area (Å²) in [5.74, 6) is -0.0700. The van der Waals surface area contributed by atoms with Gasteiger partial charge >= 0.3 is 5.97 Å². The number of aliphatic hydroxyl groups excluding tert-OH is 1. The van der Waals surface area contributed by atoms with Gasteiger partial charge in [0.15, 0.2) is 0 Å². The molecule has 0 aliphatic rings. The van der Waals surface area contributed by atoms with Crippen molar-refractivity contribution in [1.29, 1.82) is 0 Å². The van der Waals surface area contributed by atoms with Crippen molar-refractivity contribution in [2.24, 2.45) is 5.92 Å². The molecule has 16 heavy (non-hydrogen) atoms. The number of carboxylic acids is 1. The lowest BCUT2D eigenvalue weighted by atomic mass is 10.1. The fourth-order valence-corrected chi connectivity index (χ4v) is 2.37. The maximum atomic E-state index is 11.1. The number of rotatable bonds is 6. The van der Waals surface area contributed by atoms with Crippen LogP contribution in [0.2, 0.25) is 0 Å². The van der Waals surface area contributed by atoms with E-state index in [1.54, 1.807) is 0 Å². The molecule has 1 aromatic carbocycles. The van der Waals surface area contributed by atoms with E-state index in [-0.39, 0.29) is 12.5 Å². The number of carbonyl (C=O) groups is 1. The van der Waals surface area contributed by atoms with Gasteiger partial charge in [-0.15, -0.1) is 11.8 Å². The molecule has 3 nitrogen and oxygen atoms in total. The number of aliphatic hydroxyl groups is 1. The largest absolute Gasteiger partial charge is 0.480 e. The number of benzene rings is 1. The van der Waals surface area contributed by atoms with Crippen LogP contribution in [0.3, 0.4) is 0 Å². The number of hydrogen-bond acceptors (Lipinski definition) is 3. The average molecular weight is 240 g/mol. The first-order valence-corrected chi connectivity index (χ1v) is 6.20. The maximum absolute atomic E-state index is 11.1. The molecule has 2 atom stereocenters. The van der Waals surface area contributed by atoms with Gasteiger partial charge in [-0.05, 0) is 17.2 Å². The van der Waals surface area contributed by atoms with E-state index < -0.39 is 11.2 Å². The highest BCUT2D eigenvalue weighted by Crippen LogP contribution is 2.30. The summed E-state index contributed by atoms with van der Waals surface area (Å²) < 4.78 is 0. The van der Waals surface area contributed by atoms with Crippen LogP contribution in [0.1, 0.15) is 17.7 Å². The van der Waals surface area contributed by atoms with Gasteiger partial charge in [0.05, 0.1) is 0 Å². The number of carboxylic acid groups (broad SMARTS) is 1.